The van der Waals surface area contributed by atoms with E-state index in [1.807, 2.05) is 6.92 Å². The van der Waals surface area contributed by atoms with Gasteiger partial charge in [-0.1, -0.05) is 37.6 Å². The number of aliphatic hydroxyl groups is 1. The molecule has 106 valence electrons. The van der Waals surface area contributed by atoms with Crippen LogP contribution >= 0.6 is 0 Å². The average Bonchev–Trinajstić information content (AvgIpc) is 2.40. The zero-order chi connectivity index (χ0) is 13.7. The maximum atomic E-state index is 10.7. The molecule has 2 rings (SSSR count). The Morgan fingerprint density at radius 2 is 1.84 bits per heavy atom. The lowest BCUT2D eigenvalue weighted by Gasteiger charge is -2.34. The topological polar surface area (TPSA) is 35.5 Å². The average molecular weight is 262 g/mol. The number of rotatable bonds is 5. The van der Waals surface area contributed by atoms with E-state index >= 15 is 0 Å². The molecule has 19 heavy (non-hydrogen) atoms. The summed E-state index contributed by atoms with van der Waals surface area (Å²) in [5.41, 5.74) is 1.61. The number of nitrogens with zero attached hydrogens (tertiary/aromatic N) is 1. The first kappa shape index (κ1) is 14.5. The summed E-state index contributed by atoms with van der Waals surface area (Å²) in [7, 11) is 0. The predicted molar refractivity (Wildman–Crippen MR) is 79.3 cm³/mol. The van der Waals surface area contributed by atoms with Gasteiger partial charge in [-0.2, -0.15) is 0 Å². The van der Waals surface area contributed by atoms with Crippen LogP contribution < -0.4 is 5.32 Å². The smallest absolute Gasteiger partial charge is 0.0994 e. The monoisotopic (exact) mass is 262 g/mol. The van der Waals surface area contributed by atoms with Crippen LogP contribution in [0.5, 0.6) is 0 Å². The molecule has 0 aliphatic carbocycles. The van der Waals surface area contributed by atoms with Crippen molar-refractivity contribution >= 4 is 0 Å². The van der Waals surface area contributed by atoms with E-state index in [1.54, 1.807) is 0 Å². The largest absolute Gasteiger partial charge is 0.384 e. The number of β-amino-alcohol motifs (C(OH)–C–C–N with tert-alkyl or cyclic N) is 1. The number of aryl methyl sites for hydroxylation is 1. The van der Waals surface area contributed by atoms with E-state index in [-0.39, 0.29) is 0 Å². The molecule has 1 aromatic carbocycles. The standard InChI is InChI=1S/C16H26N2O/c1-3-4-14-5-7-15(8-6-14)16(2,19)13-18-11-9-17-10-12-18/h5-8,17,19H,3-4,9-13H2,1-2H3. The van der Waals surface area contributed by atoms with Crippen molar-refractivity contribution in [2.75, 3.05) is 32.7 Å². The van der Waals surface area contributed by atoms with Gasteiger partial charge >= 0.3 is 0 Å². The highest BCUT2D eigenvalue weighted by Gasteiger charge is 2.26. The van der Waals surface area contributed by atoms with Gasteiger partial charge in [-0.3, -0.25) is 4.90 Å². The van der Waals surface area contributed by atoms with E-state index in [1.165, 1.54) is 5.56 Å². The second kappa shape index (κ2) is 6.51. The summed E-state index contributed by atoms with van der Waals surface area (Å²) < 4.78 is 0. The number of hydrogen-bond acceptors (Lipinski definition) is 3. The minimum Gasteiger partial charge on any atom is -0.384 e. The Bertz CT molecular complexity index is 380. The molecule has 0 bridgehead atoms. The number of nitrogens with one attached hydrogen (secondary N) is 1. The zero-order valence-electron chi connectivity index (χ0n) is 12.2. The number of piperazine rings is 1. The normalized spacial score (nSPS) is 20.2. The van der Waals surface area contributed by atoms with Crippen molar-refractivity contribution in [1.29, 1.82) is 0 Å². The van der Waals surface area contributed by atoms with Gasteiger partial charge < -0.3 is 10.4 Å². The van der Waals surface area contributed by atoms with Crippen LogP contribution in [-0.2, 0) is 12.0 Å². The molecule has 1 aliphatic heterocycles. The first-order valence-electron chi connectivity index (χ1n) is 7.36. The first-order valence-corrected chi connectivity index (χ1v) is 7.36. The van der Waals surface area contributed by atoms with Gasteiger partial charge in [-0.25, -0.2) is 0 Å². The van der Waals surface area contributed by atoms with E-state index in [0.717, 1.165) is 44.6 Å². The van der Waals surface area contributed by atoms with Crippen molar-refractivity contribution in [3.63, 3.8) is 0 Å². The van der Waals surface area contributed by atoms with Crippen LogP contribution in [-0.4, -0.2) is 42.7 Å². The highest BCUT2D eigenvalue weighted by Crippen LogP contribution is 2.22. The summed E-state index contributed by atoms with van der Waals surface area (Å²) in [6.45, 7) is 8.89. The molecular weight excluding hydrogens is 236 g/mol. The van der Waals surface area contributed by atoms with Gasteiger partial charge in [-0.05, 0) is 24.5 Å². The van der Waals surface area contributed by atoms with Gasteiger partial charge in [0.05, 0.1) is 5.60 Å². The Morgan fingerprint density at radius 1 is 1.21 bits per heavy atom. The highest BCUT2D eigenvalue weighted by atomic mass is 16.3. The maximum absolute atomic E-state index is 10.7. The summed E-state index contributed by atoms with van der Waals surface area (Å²) in [6.07, 6.45) is 2.27. The molecule has 1 aromatic rings. The van der Waals surface area contributed by atoms with E-state index in [0.29, 0.717) is 6.54 Å². The molecule has 1 unspecified atom stereocenters. The molecule has 1 fully saturated rings. The summed E-state index contributed by atoms with van der Waals surface area (Å²) >= 11 is 0. The summed E-state index contributed by atoms with van der Waals surface area (Å²) in [5, 5.41) is 14.0. The van der Waals surface area contributed by atoms with Crippen LogP contribution in [0.3, 0.4) is 0 Å². The third kappa shape index (κ3) is 4.03. The van der Waals surface area contributed by atoms with Crippen LogP contribution in [0.2, 0.25) is 0 Å². The van der Waals surface area contributed by atoms with Crippen LogP contribution in [0.15, 0.2) is 24.3 Å². The SMILES string of the molecule is CCCc1ccc(C(C)(O)CN2CCNCC2)cc1. The lowest BCUT2D eigenvalue weighted by Crippen LogP contribution is -2.48. The third-order valence-corrected chi connectivity index (χ3v) is 3.86. The second-order valence-electron chi connectivity index (χ2n) is 5.75. The molecule has 0 radical (unpaired) electrons. The molecule has 3 nitrogen and oxygen atoms in total. The quantitative estimate of drug-likeness (QED) is 0.848. The molecule has 3 heteroatoms. The predicted octanol–water partition coefficient (Wildman–Crippen LogP) is 1.75. The first-order chi connectivity index (χ1) is 9.12. The van der Waals surface area contributed by atoms with Gasteiger partial charge in [0, 0.05) is 32.7 Å². The van der Waals surface area contributed by atoms with E-state index in [4.69, 9.17) is 0 Å². The van der Waals surface area contributed by atoms with Gasteiger partial charge in [0.25, 0.3) is 0 Å². The molecule has 1 aliphatic rings. The van der Waals surface area contributed by atoms with Gasteiger partial charge in [0.15, 0.2) is 0 Å². The fraction of sp³-hybridized carbons (Fsp3) is 0.625. The van der Waals surface area contributed by atoms with Gasteiger partial charge in [0.2, 0.25) is 0 Å². The molecule has 0 aromatic heterocycles. The van der Waals surface area contributed by atoms with Crippen molar-refractivity contribution in [1.82, 2.24) is 10.2 Å². The van der Waals surface area contributed by atoms with E-state index < -0.39 is 5.60 Å². The second-order valence-corrected chi connectivity index (χ2v) is 5.75. The van der Waals surface area contributed by atoms with E-state index in [9.17, 15) is 5.11 Å². The molecular formula is C16H26N2O. The van der Waals surface area contributed by atoms with Gasteiger partial charge in [0.1, 0.15) is 0 Å². The van der Waals surface area contributed by atoms with Crippen molar-refractivity contribution in [3.8, 4) is 0 Å². The summed E-state index contributed by atoms with van der Waals surface area (Å²) in [4.78, 5) is 2.33. The molecule has 0 spiro atoms. The van der Waals surface area contributed by atoms with E-state index in [2.05, 4.69) is 41.4 Å². The third-order valence-electron chi connectivity index (χ3n) is 3.86. The van der Waals surface area contributed by atoms with Crippen molar-refractivity contribution in [2.24, 2.45) is 0 Å². The Labute approximate surface area is 116 Å². The van der Waals surface area contributed by atoms with Crippen molar-refractivity contribution in [2.45, 2.75) is 32.3 Å². The van der Waals surface area contributed by atoms with Crippen molar-refractivity contribution < 1.29 is 5.11 Å². The molecule has 1 heterocycles. The number of benzene rings is 1. The lowest BCUT2D eigenvalue weighted by molar-refractivity contribution is 0.0126. The lowest BCUT2D eigenvalue weighted by atomic mass is 9.93. The Balaban J connectivity index is 2.00. The maximum Gasteiger partial charge on any atom is 0.0994 e. The van der Waals surface area contributed by atoms with Crippen LogP contribution in [0.1, 0.15) is 31.4 Å². The Morgan fingerprint density at radius 3 is 2.42 bits per heavy atom. The molecule has 0 amide bonds. The van der Waals surface area contributed by atoms with Crippen LogP contribution in [0.25, 0.3) is 0 Å². The fourth-order valence-corrected chi connectivity index (χ4v) is 2.72. The van der Waals surface area contributed by atoms with Crippen LogP contribution in [0.4, 0.5) is 0 Å². The Kier molecular flexibility index (Phi) is 4.97. The fourth-order valence-electron chi connectivity index (χ4n) is 2.72. The van der Waals surface area contributed by atoms with Crippen molar-refractivity contribution in [3.05, 3.63) is 35.4 Å². The zero-order valence-corrected chi connectivity index (χ0v) is 12.2. The Hall–Kier alpha value is -0.900. The summed E-state index contributed by atoms with van der Waals surface area (Å²) in [5.74, 6) is 0. The highest BCUT2D eigenvalue weighted by molar-refractivity contribution is 5.27. The van der Waals surface area contributed by atoms with Gasteiger partial charge in [-0.15, -0.1) is 0 Å². The minimum absolute atomic E-state index is 0.710. The molecule has 1 atom stereocenters. The molecule has 1 saturated heterocycles. The molecule has 0 saturated carbocycles. The molecule has 2 N–H and O–H groups in total. The minimum atomic E-state index is -0.762. The summed E-state index contributed by atoms with van der Waals surface area (Å²) in [6, 6.07) is 8.44. The van der Waals surface area contributed by atoms with Crippen LogP contribution in [0, 0.1) is 0 Å². The number of hydrogen-bond donors (Lipinski definition) is 2.